The number of amides is 1. The summed E-state index contributed by atoms with van der Waals surface area (Å²) in [5, 5.41) is 16.2. The first-order chi connectivity index (χ1) is 17.9. The second-order valence-corrected chi connectivity index (χ2v) is 10.4. The van der Waals surface area contributed by atoms with Crippen molar-refractivity contribution in [2.45, 2.75) is 49.9 Å². The van der Waals surface area contributed by atoms with Crippen molar-refractivity contribution in [3.05, 3.63) is 86.9 Å². The molecule has 0 spiro atoms. The minimum absolute atomic E-state index is 0.00519. The van der Waals surface area contributed by atoms with Gasteiger partial charge in [0.05, 0.1) is 22.7 Å². The SMILES string of the molecule is CNC(=O)c1cc2c(c(F)c1-c1c(Cl)c(F)cc3c1C[C@](c1ccccc1)([C@@H]1CCCN1)O3)CC[C@H]2O. The number of benzene rings is 3. The number of nitrogens with one attached hydrogen (secondary N) is 2. The zero-order valence-electron chi connectivity index (χ0n) is 20.3. The van der Waals surface area contributed by atoms with Gasteiger partial charge < -0.3 is 20.5 Å². The van der Waals surface area contributed by atoms with Crippen LogP contribution in [0, 0.1) is 11.6 Å². The molecule has 192 valence electrons. The van der Waals surface area contributed by atoms with Crippen LogP contribution < -0.4 is 15.4 Å². The highest BCUT2D eigenvalue weighted by atomic mass is 35.5. The van der Waals surface area contributed by atoms with Gasteiger partial charge in [-0.05, 0) is 55.0 Å². The highest BCUT2D eigenvalue weighted by molar-refractivity contribution is 6.34. The van der Waals surface area contributed by atoms with Gasteiger partial charge in [0.25, 0.3) is 5.91 Å². The molecule has 5 nitrogen and oxygen atoms in total. The summed E-state index contributed by atoms with van der Waals surface area (Å²) in [4.78, 5) is 13.0. The predicted octanol–water partition coefficient (Wildman–Crippen LogP) is 5.21. The average Bonchev–Trinajstić information content (AvgIpc) is 3.65. The van der Waals surface area contributed by atoms with Crippen molar-refractivity contribution in [3.8, 4) is 16.9 Å². The molecule has 3 aromatic carbocycles. The fourth-order valence-corrected chi connectivity index (χ4v) is 6.54. The highest BCUT2D eigenvalue weighted by Gasteiger charge is 2.50. The van der Waals surface area contributed by atoms with Gasteiger partial charge in [0.1, 0.15) is 17.4 Å². The molecule has 3 N–H and O–H groups in total. The largest absolute Gasteiger partial charge is 0.480 e. The number of carbonyl (C=O) groups excluding carboxylic acids is 1. The van der Waals surface area contributed by atoms with E-state index in [1.165, 1.54) is 19.2 Å². The monoisotopic (exact) mass is 524 g/mol. The molecule has 6 rings (SSSR count). The van der Waals surface area contributed by atoms with Crippen LogP contribution in [0.4, 0.5) is 8.78 Å². The van der Waals surface area contributed by atoms with Crippen molar-refractivity contribution >= 4 is 17.5 Å². The standard InChI is InChI=1S/C29H27ClF2N2O3/c1-33-28(36)18-12-17-16(9-10-21(17)35)27(32)25(18)24-19-14-29(23-8-5-11-34-23,15-6-3-2-4-7-15)37-22(19)13-20(31)26(24)30/h2-4,6-7,12-13,21,23,34-35H,5,8-11,14H2,1H3,(H,33,36)/t21-,23+,29+/m1/s1. The third-order valence-corrected chi connectivity index (χ3v) is 8.42. The van der Waals surface area contributed by atoms with Crippen molar-refractivity contribution in [3.63, 3.8) is 0 Å². The molecule has 1 amide bonds. The Labute approximate surface area is 218 Å². The number of rotatable bonds is 4. The Balaban J connectivity index is 1.61. The van der Waals surface area contributed by atoms with Crippen LogP contribution in [0.1, 0.15) is 58.0 Å². The quantitative estimate of drug-likeness (QED) is 0.438. The van der Waals surface area contributed by atoms with E-state index in [-0.39, 0.29) is 33.5 Å². The molecular weight excluding hydrogens is 498 g/mol. The van der Waals surface area contributed by atoms with Gasteiger partial charge >= 0.3 is 0 Å². The van der Waals surface area contributed by atoms with E-state index in [1.54, 1.807) is 0 Å². The van der Waals surface area contributed by atoms with E-state index in [1.807, 2.05) is 30.3 Å². The van der Waals surface area contributed by atoms with Crippen molar-refractivity contribution in [2.24, 2.45) is 0 Å². The number of hydrogen-bond donors (Lipinski definition) is 3. The lowest BCUT2D eigenvalue weighted by Crippen LogP contribution is -2.48. The summed E-state index contributed by atoms with van der Waals surface area (Å²) in [5.74, 6) is -1.66. The van der Waals surface area contributed by atoms with E-state index < -0.39 is 29.2 Å². The summed E-state index contributed by atoms with van der Waals surface area (Å²) in [5.41, 5.74) is 1.44. The molecule has 3 aliphatic rings. The molecule has 37 heavy (non-hydrogen) atoms. The highest BCUT2D eigenvalue weighted by Crippen LogP contribution is 2.53. The zero-order chi connectivity index (χ0) is 25.9. The summed E-state index contributed by atoms with van der Waals surface area (Å²) in [6.45, 7) is 0.837. The summed E-state index contributed by atoms with van der Waals surface area (Å²) >= 11 is 6.59. The Morgan fingerprint density at radius 3 is 2.65 bits per heavy atom. The van der Waals surface area contributed by atoms with Gasteiger partial charge in [0.15, 0.2) is 5.60 Å². The van der Waals surface area contributed by atoms with Gasteiger partial charge in [-0.15, -0.1) is 0 Å². The van der Waals surface area contributed by atoms with E-state index in [9.17, 15) is 9.90 Å². The van der Waals surface area contributed by atoms with Gasteiger partial charge in [-0.25, -0.2) is 8.78 Å². The third kappa shape index (κ3) is 3.67. The van der Waals surface area contributed by atoms with Crippen LogP contribution in [0.3, 0.4) is 0 Å². The molecular formula is C29H27ClF2N2O3. The number of hydrogen-bond acceptors (Lipinski definition) is 4. The topological polar surface area (TPSA) is 70.6 Å². The van der Waals surface area contributed by atoms with Crippen LogP contribution in [0.15, 0.2) is 42.5 Å². The maximum Gasteiger partial charge on any atom is 0.251 e. The first kappa shape index (κ1) is 24.3. The van der Waals surface area contributed by atoms with Gasteiger partial charge in [0, 0.05) is 36.2 Å². The fraction of sp³-hybridized carbons (Fsp3) is 0.345. The number of aliphatic hydroxyl groups is 1. The lowest BCUT2D eigenvalue weighted by Gasteiger charge is -2.35. The normalized spacial score (nSPS) is 24.0. The lowest BCUT2D eigenvalue weighted by atomic mass is 9.80. The molecule has 1 saturated heterocycles. The molecule has 8 heteroatoms. The van der Waals surface area contributed by atoms with E-state index in [2.05, 4.69) is 10.6 Å². The lowest BCUT2D eigenvalue weighted by molar-refractivity contribution is 0.0539. The first-order valence-corrected chi connectivity index (χ1v) is 13.0. The Hall–Kier alpha value is -3.00. The first-order valence-electron chi connectivity index (χ1n) is 12.6. The van der Waals surface area contributed by atoms with Crippen LogP contribution in [-0.4, -0.2) is 30.6 Å². The molecule has 0 aromatic heterocycles. The molecule has 0 unspecified atom stereocenters. The van der Waals surface area contributed by atoms with E-state index in [0.29, 0.717) is 36.0 Å². The van der Waals surface area contributed by atoms with Crippen LogP contribution >= 0.6 is 11.6 Å². The maximum absolute atomic E-state index is 16.3. The minimum atomic E-state index is -0.863. The smallest absolute Gasteiger partial charge is 0.251 e. The van der Waals surface area contributed by atoms with Crippen molar-refractivity contribution in [1.29, 1.82) is 0 Å². The molecule has 1 aliphatic carbocycles. The van der Waals surface area contributed by atoms with Gasteiger partial charge in [-0.1, -0.05) is 41.9 Å². The maximum atomic E-state index is 16.3. The molecule has 3 aromatic rings. The zero-order valence-corrected chi connectivity index (χ0v) is 21.1. The Morgan fingerprint density at radius 2 is 1.95 bits per heavy atom. The molecule has 0 saturated carbocycles. The number of ether oxygens (including phenoxy) is 1. The van der Waals surface area contributed by atoms with Crippen LogP contribution in [0.2, 0.25) is 5.02 Å². The number of halogens is 3. The fourth-order valence-electron chi connectivity index (χ4n) is 6.28. The molecule has 1 fully saturated rings. The molecule has 3 atom stereocenters. The third-order valence-electron chi connectivity index (χ3n) is 8.05. The Morgan fingerprint density at radius 1 is 1.16 bits per heavy atom. The number of carbonyl (C=O) groups is 1. The van der Waals surface area contributed by atoms with Crippen molar-refractivity contribution < 1.29 is 23.4 Å². The molecule has 0 radical (unpaired) electrons. The summed E-state index contributed by atoms with van der Waals surface area (Å²) in [6, 6.07) is 12.5. The second-order valence-electron chi connectivity index (χ2n) is 10.0. The molecule has 0 bridgehead atoms. The number of fused-ring (bicyclic) bond motifs is 2. The second kappa shape index (κ2) is 9.08. The minimum Gasteiger partial charge on any atom is -0.480 e. The molecule has 2 aliphatic heterocycles. The van der Waals surface area contributed by atoms with Gasteiger partial charge in [0.2, 0.25) is 0 Å². The number of aliphatic hydroxyl groups excluding tert-OH is 1. The average molecular weight is 525 g/mol. The van der Waals surface area contributed by atoms with Gasteiger partial charge in [-0.3, -0.25) is 4.79 Å². The van der Waals surface area contributed by atoms with E-state index in [4.69, 9.17) is 16.3 Å². The van der Waals surface area contributed by atoms with Crippen molar-refractivity contribution in [2.75, 3.05) is 13.6 Å². The summed E-state index contributed by atoms with van der Waals surface area (Å²) < 4.78 is 38.2. The predicted molar refractivity (Wildman–Crippen MR) is 137 cm³/mol. The molecule has 2 heterocycles. The van der Waals surface area contributed by atoms with Crippen LogP contribution in [0.5, 0.6) is 5.75 Å². The van der Waals surface area contributed by atoms with Crippen LogP contribution in [0.25, 0.3) is 11.1 Å². The van der Waals surface area contributed by atoms with Crippen LogP contribution in [-0.2, 0) is 18.4 Å². The van der Waals surface area contributed by atoms with E-state index in [0.717, 1.165) is 24.9 Å². The van der Waals surface area contributed by atoms with Gasteiger partial charge in [-0.2, -0.15) is 0 Å². The van der Waals surface area contributed by atoms with Crippen molar-refractivity contribution in [1.82, 2.24) is 10.6 Å². The Bertz CT molecular complexity index is 1410. The summed E-state index contributed by atoms with van der Waals surface area (Å²) in [7, 11) is 1.45. The van der Waals surface area contributed by atoms with E-state index >= 15 is 8.78 Å². The Kier molecular flexibility index (Phi) is 5.97. The summed E-state index contributed by atoms with van der Waals surface area (Å²) in [6.07, 6.45) is 1.97.